The number of hydrogen-bond donors (Lipinski definition) is 1. The molecule has 1 saturated heterocycles. The molecule has 134 valence electrons. The van der Waals surface area contributed by atoms with Crippen LogP contribution in [-0.4, -0.2) is 55.1 Å². The lowest BCUT2D eigenvalue weighted by Crippen LogP contribution is -2.53. The number of benzene rings is 1. The predicted molar refractivity (Wildman–Crippen MR) is 95.5 cm³/mol. The summed E-state index contributed by atoms with van der Waals surface area (Å²) in [6.45, 7) is 6.26. The molecule has 1 aliphatic rings. The Bertz CT molecular complexity index is 551. The lowest BCUT2D eigenvalue weighted by Gasteiger charge is -2.40. The Morgan fingerprint density at radius 2 is 2.25 bits per heavy atom. The Hall–Kier alpha value is -1.62. The van der Waals surface area contributed by atoms with Gasteiger partial charge >= 0.3 is 6.03 Å². The van der Waals surface area contributed by atoms with Crippen molar-refractivity contribution in [2.75, 3.05) is 27.2 Å². The van der Waals surface area contributed by atoms with E-state index in [2.05, 4.69) is 24.2 Å². The van der Waals surface area contributed by atoms with E-state index in [1.807, 2.05) is 24.9 Å². The zero-order valence-corrected chi connectivity index (χ0v) is 15.3. The molecule has 1 aromatic carbocycles. The van der Waals surface area contributed by atoms with Gasteiger partial charge in [0, 0.05) is 25.7 Å². The maximum atomic E-state index is 13.2. The molecule has 0 unspecified atom stereocenters. The van der Waals surface area contributed by atoms with Crippen LogP contribution in [-0.2, 0) is 6.42 Å². The van der Waals surface area contributed by atoms with Crippen molar-refractivity contribution in [1.82, 2.24) is 15.1 Å². The largest absolute Gasteiger partial charge is 0.336 e. The second kappa shape index (κ2) is 8.47. The second-order valence-corrected chi connectivity index (χ2v) is 7.23. The molecule has 1 N–H and O–H groups in total. The van der Waals surface area contributed by atoms with Crippen LogP contribution >= 0.6 is 0 Å². The molecule has 4 nitrogen and oxygen atoms in total. The van der Waals surface area contributed by atoms with Crippen molar-refractivity contribution in [2.45, 2.75) is 45.2 Å². The van der Waals surface area contributed by atoms with Crippen molar-refractivity contribution in [2.24, 2.45) is 5.92 Å². The molecule has 0 radical (unpaired) electrons. The Kier molecular flexibility index (Phi) is 6.60. The third-order valence-electron chi connectivity index (χ3n) is 5.01. The van der Waals surface area contributed by atoms with Gasteiger partial charge in [-0.3, -0.25) is 0 Å². The van der Waals surface area contributed by atoms with Crippen LogP contribution in [0.1, 0.15) is 32.3 Å². The number of piperidine rings is 1. The molecule has 24 heavy (non-hydrogen) atoms. The molecule has 0 aliphatic carbocycles. The van der Waals surface area contributed by atoms with E-state index >= 15 is 0 Å². The summed E-state index contributed by atoms with van der Waals surface area (Å²) >= 11 is 0. The molecule has 0 bridgehead atoms. The third-order valence-corrected chi connectivity index (χ3v) is 5.01. The highest BCUT2D eigenvalue weighted by molar-refractivity contribution is 5.74. The fourth-order valence-electron chi connectivity index (χ4n) is 3.53. The van der Waals surface area contributed by atoms with Crippen LogP contribution < -0.4 is 5.32 Å². The minimum atomic E-state index is -0.208. The number of nitrogens with one attached hydrogen (secondary N) is 1. The molecule has 0 spiro atoms. The van der Waals surface area contributed by atoms with Gasteiger partial charge in [-0.25, -0.2) is 9.18 Å². The van der Waals surface area contributed by atoms with Gasteiger partial charge in [-0.05, 0) is 63.4 Å². The zero-order chi connectivity index (χ0) is 17.7. The number of carbonyl (C=O) groups excluding carboxylic acids is 1. The smallest absolute Gasteiger partial charge is 0.317 e. The SMILES string of the molecule is C[C@H](CCc1cccc(F)c1)NC(=O)N(C)[C@H]1CCN(C)C[C@@H]1C. The second-order valence-electron chi connectivity index (χ2n) is 7.23. The predicted octanol–water partition coefficient (Wildman–Crippen LogP) is 3.13. The van der Waals surface area contributed by atoms with Crippen molar-refractivity contribution in [3.63, 3.8) is 0 Å². The number of likely N-dealkylation sites (tertiary alicyclic amines) is 1. The van der Waals surface area contributed by atoms with E-state index in [0.29, 0.717) is 5.92 Å². The van der Waals surface area contributed by atoms with Gasteiger partial charge in [0.05, 0.1) is 0 Å². The summed E-state index contributed by atoms with van der Waals surface area (Å²) in [7, 11) is 4.02. The van der Waals surface area contributed by atoms with E-state index in [1.54, 1.807) is 12.1 Å². The van der Waals surface area contributed by atoms with E-state index in [4.69, 9.17) is 0 Å². The molecule has 1 aromatic rings. The van der Waals surface area contributed by atoms with E-state index in [9.17, 15) is 9.18 Å². The van der Waals surface area contributed by atoms with E-state index in [-0.39, 0.29) is 23.9 Å². The highest BCUT2D eigenvalue weighted by Gasteiger charge is 2.30. The van der Waals surface area contributed by atoms with Crippen molar-refractivity contribution >= 4 is 6.03 Å². The quantitative estimate of drug-likeness (QED) is 0.897. The fraction of sp³-hybridized carbons (Fsp3) is 0.632. The molecule has 1 heterocycles. The summed E-state index contributed by atoms with van der Waals surface area (Å²) in [4.78, 5) is 16.7. The van der Waals surface area contributed by atoms with Crippen molar-refractivity contribution < 1.29 is 9.18 Å². The molecule has 5 heteroatoms. The summed E-state index contributed by atoms with van der Waals surface area (Å²) in [6.07, 6.45) is 2.57. The minimum absolute atomic E-state index is 0.0110. The zero-order valence-electron chi connectivity index (χ0n) is 15.3. The van der Waals surface area contributed by atoms with Gasteiger partial charge in [0.2, 0.25) is 0 Å². The molecule has 2 amide bonds. The summed E-state index contributed by atoms with van der Waals surface area (Å²) in [5.41, 5.74) is 0.966. The first-order valence-electron chi connectivity index (χ1n) is 8.83. The Balaban J connectivity index is 1.80. The van der Waals surface area contributed by atoms with Crippen LogP contribution in [0.15, 0.2) is 24.3 Å². The third kappa shape index (κ3) is 5.20. The molecule has 0 saturated carbocycles. The van der Waals surface area contributed by atoms with Crippen LogP contribution in [0.2, 0.25) is 0 Å². The Labute approximate surface area is 145 Å². The summed E-state index contributed by atoms with van der Waals surface area (Å²) in [5.74, 6) is 0.266. The first-order chi connectivity index (χ1) is 11.4. The van der Waals surface area contributed by atoms with Crippen molar-refractivity contribution in [3.05, 3.63) is 35.6 Å². The molecule has 1 aliphatic heterocycles. The topological polar surface area (TPSA) is 35.6 Å². The number of nitrogens with zero attached hydrogens (tertiary/aromatic N) is 2. The van der Waals surface area contributed by atoms with Gasteiger partial charge in [-0.15, -0.1) is 0 Å². The number of hydrogen-bond acceptors (Lipinski definition) is 2. The number of rotatable bonds is 5. The van der Waals surface area contributed by atoms with Crippen molar-refractivity contribution in [1.29, 1.82) is 0 Å². The summed E-state index contributed by atoms with van der Waals surface area (Å²) in [5, 5.41) is 3.07. The number of amides is 2. The number of halogens is 1. The van der Waals surface area contributed by atoms with E-state index in [0.717, 1.165) is 37.9 Å². The normalized spacial score (nSPS) is 22.9. The molecule has 0 aromatic heterocycles. The number of aryl methyl sites for hydroxylation is 1. The lowest BCUT2D eigenvalue weighted by atomic mass is 9.93. The van der Waals surface area contributed by atoms with E-state index in [1.165, 1.54) is 6.07 Å². The van der Waals surface area contributed by atoms with Gasteiger partial charge in [0.25, 0.3) is 0 Å². The van der Waals surface area contributed by atoms with Gasteiger partial charge in [-0.1, -0.05) is 19.1 Å². The van der Waals surface area contributed by atoms with Crippen LogP contribution in [0.3, 0.4) is 0 Å². The van der Waals surface area contributed by atoms with Gasteiger partial charge < -0.3 is 15.1 Å². The maximum absolute atomic E-state index is 13.2. The van der Waals surface area contributed by atoms with Gasteiger partial charge in [-0.2, -0.15) is 0 Å². The van der Waals surface area contributed by atoms with Gasteiger partial charge in [0.1, 0.15) is 5.82 Å². The monoisotopic (exact) mass is 335 g/mol. The Morgan fingerprint density at radius 1 is 1.50 bits per heavy atom. The molecule has 3 atom stereocenters. The fourth-order valence-corrected chi connectivity index (χ4v) is 3.53. The van der Waals surface area contributed by atoms with Gasteiger partial charge in [0.15, 0.2) is 0 Å². The summed E-state index contributed by atoms with van der Waals surface area (Å²) in [6, 6.07) is 6.99. The standard InChI is InChI=1S/C19H30FN3O/c1-14-13-22(3)11-10-18(14)23(4)19(24)21-15(2)8-9-16-6-5-7-17(20)12-16/h5-7,12,14-15,18H,8-11,13H2,1-4H3,(H,21,24)/t14-,15+,18-/m0/s1. The van der Waals surface area contributed by atoms with Crippen LogP contribution in [0.5, 0.6) is 0 Å². The molecular formula is C19H30FN3O. The average Bonchev–Trinajstić information content (AvgIpc) is 2.52. The average molecular weight is 335 g/mol. The molecule has 2 rings (SSSR count). The summed E-state index contributed by atoms with van der Waals surface area (Å²) < 4.78 is 13.2. The number of urea groups is 1. The van der Waals surface area contributed by atoms with E-state index < -0.39 is 0 Å². The maximum Gasteiger partial charge on any atom is 0.317 e. The first-order valence-corrected chi connectivity index (χ1v) is 8.83. The first kappa shape index (κ1) is 18.7. The van der Waals surface area contributed by atoms with Crippen molar-refractivity contribution in [3.8, 4) is 0 Å². The Morgan fingerprint density at radius 3 is 2.92 bits per heavy atom. The number of carbonyl (C=O) groups is 1. The minimum Gasteiger partial charge on any atom is -0.336 e. The molecule has 1 fully saturated rings. The van der Waals surface area contributed by atoms with Crippen LogP contribution in [0.25, 0.3) is 0 Å². The molecular weight excluding hydrogens is 305 g/mol. The highest BCUT2D eigenvalue weighted by atomic mass is 19.1. The van der Waals surface area contributed by atoms with Crippen LogP contribution in [0, 0.1) is 11.7 Å². The lowest BCUT2D eigenvalue weighted by molar-refractivity contribution is 0.106. The van der Waals surface area contributed by atoms with Crippen LogP contribution in [0.4, 0.5) is 9.18 Å². The highest BCUT2D eigenvalue weighted by Crippen LogP contribution is 2.20.